The molecule has 2 heterocycles. The number of nitrogens with zero attached hydrogens (tertiary/aromatic N) is 3. The molecule has 1 amide bonds. The van der Waals surface area contributed by atoms with Gasteiger partial charge in [-0.2, -0.15) is 0 Å². The van der Waals surface area contributed by atoms with Crippen molar-refractivity contribution in [2.24, 2.45) is 7.05 Å². The van der Waals surface area contributed by atoms with E-state index in [0.717, 1.165) is 23.9 Å². The molecule has 0 atom stereocenters. The predicted octanol–water partition coefficient (Wildman–Crippen LogP) is 4.13. The average molecular weight is 322 g/mol. The van der Waals surface area contributed by atoms with Crippen LogP contribution in [-0.2, 0) is 7.05 Å². The Hall–Kier alpha value is -2.56. The Morgan fingerprint density at radius 1 is 1.12 bits per heavy atom. The summed E-state index contributed by atoms with van der Waals surface area (Å²) in [5, 5.41) is 3.03. The highest BCUT2D eigenvalue weighted by Gasteiger charge is 2.23. The zero-order valence-corrected chi connectivity index (χ0v) is 13.9. The van der Waals surface area contributed by atoms with Gasteiger partial charge in [0, 0.05) is 19.3 Å². The van der Waals surface area contributed by atoms with Crippen LogP contribution < -0.4 is 5.32 Å². The number of carbonyl (C=O) groups is 1. The summed E-state index contributed by atoms with van der Waals surface area (Å²) in [6.45, 7) is 0. The van der Waals surface area contributed by atoms with Gasteiger partial charge >= 0.3 is 0 Å². The first-order chi connectivity index (χ1) is 11.7. The Bertz CT molecular complexity index is 871. The molecule has 0 aliphatic heterocycles. The Labute approximate surface area is 141 Å². The molecule has 2 aromatic heterocycles. The van der Waals surface area contributed by atoms with Crippen molar-refractivity contribution in [2.45, 2.75) is 38.1 Å². The number of benzene rings is 1. The van der Waals surface area contributed by atoms with Gasteiger partial charge in [-0.25, -0.2) is 4.98 Å². The van der Waals surface area contributed by atoms with Crippen LogP contribution in [0.2, 0.25) is 0 Å². The summed E-state index contributed by atoms with van der Waals surface area (Å²) in [4.78, 5) is 17.3. The maximum atomic E-state index is 12.6. The van der Waals surface area contributed by atoms with Crippen molar-refractivity contribution in [1.29, 1.82) is 0 Å². The highest BCUT2D eigenvalue weighted by Crippen LogP contribution is 2.34. The van der Waals surface area contributed by atoms with E-state index in [9.17, 15) is 4.79 Å². The number of imidazole rings is 1. The summed E-state index contributed by atoms with van der Waals surface area (Å²) >= 11 is 0. The van der Waals surface area contributed by atoms with Crippen molar-refractivity contribution in [2.75, 3.05) is 5.32 Å². The van der Waals surface area contributed by atoms with E-state index in [1.54, 1.807) is 0 Å². The van der Waals surface area contributed by atoms with E-state index in [0.29, 0.717) is 17.7 Å². The minimum absolute atomic E-state index is 0.116. The highest BCUT2D eigenvalue weighted by atomic mass is 16.2. The molecule has 0 unspecified atom stereocenters. The number of rotatable bonds is 3. The van der Waals surface area contributed by atoms with E-state index in [1.165, 1.54) is 19.3 Å². The lowest BCUT2D eigenvalue weighted by Crippen LogP contribution is -2.21. The molecule has 0 spiro atoms. The van der Waals surface area contributed by atoms with Gasteiger partial charge in [0.1, 0.15) is 5.69 Å². The smallest absolute Gasteiger partial charge is 0.274 e. The van der Waals surface area contributed by atoms with Gasteiger partial charge in [-0.3, -0.25) is 10.1 Å². The molecule has 0 bridgehead atoms. The lowest BCUT2D eigenvalue weighted by atomic mass is 9.95. The molecular weight excluding hydrogens is 300 g/mol. The Balaban J connectivity index is 1.74. The molecule has 4 rings (SSSR count). The number of aromatic nitrogens is 3. The summed E-state index contributed by atoms with van der Waals surface area (Å²) in [6, 6.07) is 12.2. The molecule has 124 valence electrons. The lowest BCUT2D eigenvalue weighted by Gasteiger charge is -2.25. The van der Waals surface area contributed by atoms with Crippen LogP contribution in [0.1, 0.15) is 48.6 Å². The second-order valence-corrected chi connectivity index (χ2v) is 6.54. The van der Waals surface area contributed by atoms with Gasteiger partial charge in [0.2, 0.25) is 5.95 Å². The van der Waals surface area contributed by atoms with E-state index in [1.807, 2.05) is 48.1 Å². The molecule has 1 saturated carbocycles. The SMILES string of the molecule is Cn1cccc1C(=O)Nc1nc2ccccc2n1C1CCCCC1. The Kier molecular flexibility index (Phi) is 3.84. The third-order valence-electron chi connectivity index (χ3n) is 4.94. The summed E-state index contributed by atoms with van der Waals surface area (Å²) < 4.78 is 4.05. The van der Waals surface area contributed by atoms with Crippen molar-refractivity contribution >= 4 is 22.9 Å². The maximum absolute atomic E-state index is 12.6. The highest BCUT2D eigenvalue weighted by molar-refractivity contribution is 6.03. The molecule has 24 heavy (non-hydrogen) atoms. The van der Waals surface area contributed by atoms with Crippen LogP contribution >= 0.6 is 0 Å². The van der Waals surface area contributed by atoms with Crippen LogP contribution in [-0.4, -0.2) is 20.0 Å². The molecule has 0 radical (unpaired) electrons. The number of fused-ring (bicyclic) bond motifs is 1. The van der Waals surface area contributed by atoms with E-state index < -0.39 is 0 Å². The first-order valence-corrected chi connectivity index (χ1v) is 8.63. The molecular formula is C19H22N4O. The van der Waals surface area contributed by atoms with Crippen LogP contribution in [0, 0.1) is 0 Å². The maximum Gasteiger partial charge on any atom is 0.274 e. The minimum Gasteiger partial charge on any atom is -0.347 e. The number of amides is 1. The van der Waals surface area contributed by atoms with E-state index >= 15 is 0 Å². The van der Waals surface area contributed by atoms with Crippen LogP contribution in [0.4, 0.5) is 5.95 Å². The van der Waals surface area contributed by atoms with Crippen LogP contribution in [0.5, 0.6) is 0 Å². The van der Waals surface area contributed by atoms with Gasteiger partial charge in [0.05, 0.1) is 11.0 Å². The van der Waals surface area contributed by atoms with Gasteiger partial charge in [-0.15, -0.1) is 0 Å². The zero-order chi connectivity index (χ0) is 16.5. The molecule has 1 N–H and O–H groups in total. The van der Waals surface area contributed by atoms with E-state index in [4.69, 9.17) is 0 Å². The first kappa shape index (κ1) is 15.0. The molecule has 1 fully saturated rings. The third-order valence-corrected chi connectivity index (χ3v) is 4.94. The number of hydrogen-bond donors (Lipinski definition) is 1. The standard InChI is InChI=1S/C19H22N4O/c1-22-13-7-12-17(22)18(24)21-19-20-15-10-5-6-11-16(15)23(19)14-8-3-2-4-9-14/h5-7,10-14H,2-4,8-9H2,1H3,(H,20,21,24). The second kappa shape index (κ2) is 6.15. The summed E-state index contributed by atoms with van der Waals surface area (Å²) in [5.41, 5.74) is 2.68. The quantitative estimate of drug-likeness (QED) is 0.788. The summed E-state index contributed by atoms with van der Waals surface area (Å²) in [7, 11) is 1.87. The van der Waals surface area contributed by atoms with E-state index in [-0.39, 0.29) is 5.91 Å². The summed E-state index contributed by atoms with van der Waals surface area (Å²) in [5.74, 6) is 0.546. The van der Waals surface area contributed by atoms with Crippen LogP contribution in [0.3, 0.4) is 0 Å². The molecule has 5 heteroatoms. The topological polar surface area (TPSA) is 51.9 Å². The largest absolute Gasteiger partial charge is 0.347 e. The summed E-state index contributed by atoms with van der Waals surface area (Å²) in [6.07, 6.45) is 7.94. The fraction of sp³-hybridized carbons (Fsp3) is 0.368. The van der Waals surface area contributed by atoms with E-state index in [2.05, 4.69) is 20.9 Å². The van der Waals surface area contributed by atoms with Gasteiger partial charge in [0.15, 0.2) is 0 Å². The predicted molar refractivity (Wildman–Crippen MR) is 95.2 cm³/mol. The minimum atomic E-state index is -0.116. The second-order valence-electron chi connectivity index (χ2n) is 6.54. The molecule has 1 aromatic carbocycles. The van der Waals surface area contributed by atoms with Gasteiger partial charge in [-0.05, 0) is 37.1 Å². The fourth-order valence-corrected chi connectivity index (χ4v) is 3.70. The number of carbonyl (C=O) groups excluding carboxylic acids is 1. The zero-order valence-electron chi connectivity index (χ0n) is 13.9. The molecule has 0 saturated heterocycles. The van der Waals surface area contributed by atoms with Crippen molar-refractivity contribution in [3.63, 3.8) is 0 Å². The molecule has 3 aromatic rings. The number of para-hydroxylation sites is 2. The van der Waals surface area contributed by atoms with Gasteiger partial charge < -0.3 is 9.13 Å². The van der Waals surface area contributed by atoms with Crippen molar-refractivity contribution in [1.82, 2.24) is 14.1 Å². The third kappa shape index (κ3) is 2.60. The van der Waals surface area contributed by atoms with Crippen molar-refractivity contribution in [3.8, 4) is 0 Å². The van der Waals surface area contributed by atoms with Gasteiger partial charge in [-0.1, -0.05) is 31.4 Å². The Morgan fingerprint density at radius 3 is 2.67 bits per heavy atom. The van der Waals surface area contributed by atoms with Crippen LogP contribution in [0.15, 0.2) is 42.6 Å². The van der Waals surface area contributed by atoms with Crippen LogP contribution in [0.25, 0.3) is 11.0 Å². The lowest BCUT2D eigenvalue weighted by molar-refractivity contribution is 0.101. The number of hydrogen-bond acceptors (Lipinski definition) is 2. The average Bonchev–Trinajstić information content (AvgIpc) is 3.18. The number of nitrogens with one attached hydrogen (secondary N) is 1. The molecule has 1 aliphatic carbocycles. The van der Waals surface area contributed by atoms with Crippen molar-refractivity contribution in [3.05, 3.63) is 48.3 Å². The van der Waals surface area contributed by atoms with Crippen molar-refractivity contribution < 1.29 is 4.79 Å². The first-order valence-electron chi connectivity index (χ1n) is 8.63. The Morgan fingerprint density at radius 2 is 1.92 bits per heavy atom. The monoisotopic (exact) mass is 322 g/mol. The molecule has 1 aliphatic rings. The normalized spacial score (nSPS) is 15.7. The van der Waals surface area contributed by atoms with Gasteiger partial charge in [0.25, 0.3) is 5.91 Å². The fourth-order valence-electron chi connectivity index (χ4n) is 3.70. The molecule has 5 nitrogen and oxygen atoms in total. The number of aryl methyl sites for hydroxylation is 1. The number of anilines is 1.